The summed E-state index contributed by atoms with van der Waals surface area (Å²) in [5.74, 6) is -0.239. The Kier molecular flexibility index (Phi) is 7.81. The van der Waals surface area contributed by atoms with Gasteiger partial charge >= 0.3 is 0 Å². The van der Waals surface area contributed by atoms with Crippen molar-refractivity contribution in [3.05, 3.63) is 12.7 Å². The average Bonchev–Trinajstić information content (AvgIpc) is 2.27. The lowest BCUT2D eigenvalue weighted by Crippen LogP contribution is -2.41. The number of carbonyl (C=O) groups is 1. The maximum Gasteiger partial charge on any atom is 0.237 e. The third kappa shape index (κ3) is 6.73. The zero-order valence-electron chi connectivity index (χ0n) is 11.1. The van der Waals surface area contributed by atoms with Crippen LogP contribution in [0, 0.1) is 0 Å². The van der Waals surface area contributed by atoms with Crippen molar-refractivity contribution in [1.82, 2.24) is 9.62 Å². The molecule has 0 bridgehead atoms. The lowest BCUT2D eigenvalue weighted by atomic mass is 10.2. The number of nitrogens with one attached hydrogen (secondary N) is 1. The Bertz CT molecular complexity index is 368. The number of amides is 1. The number of hydrogen-bond acceptors (Lipinski definition) is 4. The second-order valence-corrected chi connectivity index (χ2v) is 6.01. The Morgan fingerprint density at radius 2 is 2.17 bits per heavy atom. The molecule has 106 valence electrons. The molecule has 0 aliphatic heterocycles. The van der Waals surface area contributed by atoms with Crippen LogP contribution in [-0.2, 0) is 14.8 Å². The minimum atomic E-state index is -3.16. The number of nitrogens with zero attached hydrogens (tertiary/aromatic N) is 1. The molecule has 0 aromatic rings. The van der Waals surface area contributed by atoms with E-state index in [1.807, 2.05) is 0 Å². The first-order chi connectivity index (χ1) is 8.32. The molecule has 0 aliphatic rings. The zero-order chi connectivity index (χ0) is 14.2. The molecule has 0 saturated carbocycles. The van der Waals surface area contributed by atoms with Crippen molar-refractivity contribution in [3.8, 4) is 0 Å². The van der Waals surface area contributed by atoms with Crippen molar-refractivity contribution >= 4 is 15.9 Å². The molecule has 7 heteroatoms. The molecule has 0 radical (unpaired) electrons. The van der Waals surface area contributed by atoms with Crippen LogP contribution in [0.15, 0.2) is 12.7 Å². The van der Waals surface area contributed by atoms with Crippen molar-refractivity contribution in [2.45, 2.75) is 25.8 Å². The fourth-order valence-electron chi connectivity index (χ4n) is 1.44. The van der Waals surface area contributed by atoms with Gasteiger partial charge in [-0.2, -0.15) is 0 Å². The van der Waals surface area contributed by atoms with Crippen LogP contribution >= 0.6 is 0 Å². The first kappa shape index (κ1) is 17.1. The molecule has 3 N–H and O–H groups in total. The quantitative estimate of drug-likeness (QED) is 0.446. The first-order valence-corrected chi connectivity index (χ1v) is 7.77. The number of rotatable bonds is 9. The van der Waals surface area contributed by atoms with Gasteiger partial charge in [-0.05, 0) is 12.8 Å². The third-order valence-electron chi connectivity index (χ3n) is 2.46. The molecule has 0 heterocycles. The van der Waals surface area contributed by atoms with E-state index in [9.17, 15) is 13.2 Å². The normalized spacial score (nSPS) is 13.3. The van der Waals surface area contributed by atoms with Crippen LogP contribution in [0.4, 0.5) is 0 Å². The van der Waals surface area contributed by atoms with Crippen molar-refractivity contribution in [3.63, 3.8) is 0 Å². The molecular formula is C11H23N3O3S. The molecule has 1 unspecified atom stereocenters. The van der Waals surface area contributed by atoms with Gasteiger partial charge < -0.3 is 11.1 Å². The van der Waals surface area contributed by atoms with Crippen LogP contribution in [0.3, 0.4) is 0 Å². The molecule has 0 spiro atoms. The summed E-state index contributed by atoms with van der Waals surface area (Å²) < 4.78 is 23.9. The number of carbonyl (C=O) groups excluding carboxylic acids is 1. The lowest BCUT2D eigenvalue weighted by Gasteiger charge is -2.18. The summed E-state index contributed by atoms with van der Waals surface area (Å²) in [5.41, 5.74) is 5.58. The van der Waals surface area contributed by atoms with Crippen molar-refractivity contribution in [1.29, 1.82) is 0 Å². The molecule has 6 nitrogen and oxygen atoms in total. The Hall–Kier alpha value is -0.920. The summed E-state index contributed by atoms with van der Waals surface area (Å²) in [6, 6.07) is -0.584. The highest BCUT2D eigenvalue weighted by molar-refractivity contribution is 7.88. The smallest absolute Gasteiger partial charge is 0.237 e. The second kappa shape index (κ2) is 8.23. The molecule has 1 atom stereocenters. The number of sulfonamides is 1. The number of nitrogens with two attached hydrogens (primary N) is 1. The minimum Gasteiger partial charge on any atom is -0.355 e. The summed E-state index contributed by atoms with van der Waals surface area (Å²) in [6.45, 7) is 6.53. The van der Waals surface area contributed by atoms with E-state index in [1.165, 1.54) is 10.6 Å². The van der Waals surface area contributed by atoms with Gasteiger partial charge in [0.2, 0.25) is 15.9 Å². The Labute approximate surface area is 109 Å². The predicted molar refractivity (Wildman–Crippen MR) is 72.5 cm³/mol. The van der Waals surface area contributed by atoms with E-state index in [2.05, 4.69) is 11.9 Å². The first-order valence-electron chi connectivity index (χ1n) is 5.92. The van der Waals surface area contributed by atoms with Gasteiger partial charge in [0.25, 0.3) is 0 Å². The van der Waals surface area contributed by atoms with E-state index in [-0.39, 0.29) is 5.91 Å². The van der Waals surface area contributed by atoms with Gasteiger partial charge in [0.1, 0.15) is 0 Å². The monoisotopic (exact) mass is 277 g/mol. The topological polar surface area (TPSA) is 92.5 Å². The summed E-state index contributed by atoms with van der Waals surface area (Å²) in [4.78, 5) is 11.4. The Morgan fingerprint density at radius 3 is 2.61 bits per heavy atom. The molecular weight excluding hydrogens is 254 g/mol. The van der Waals surface area contributed by atoms with Gasteiger partial charge in [-0.3, -0.25) is 4.79 Å². The van der Waals surface area contributed by atoms with E-state index in [4.69, 9.17) is 5.73 Å². The zero-order valence-corrected chi connectivity index (χ0v) is 11.9. The van der Waals surface area contributed by atoms with Crippen molar-refractivity contribution in [2.75, 3.05) is 25.9 Å². The predicted octanol–water partition coefficient (Wildman–Crippen LogP) is -0.322. The average molecular weight is 277 g/mol. The van der Waals surface area contributed by atoms with Gasteiger partial charge in [-0.15, -0.1) is 6.58 Å². The largest absolute Gasteiger partial charge is 0.355 e. The highest BCUT2D eigenvalue weighted by Crippen LogP contribution is 1.98. The van der Waals surface area contributed by atoms with Crippen LogP contribution in [0.2, 0.25) is 0 Å². The van der Waals surface area contributed by atoms with Gasteiger partial charge in [0, 0.05) is 19.6 Å². The van der Waals surface area contributed by atoms with E-state index >= 15 is 0 Å². The maximum absolute atomic E-state index is 11.4. The van der Waals surface area contributed by atoms with Crippen molar-refractivity contribution in [2.24, 2.45) is 5.73 Å². The molecule has 0 aromatic carbocycles. The summed E-state index contributed by atoms with van der Waals surface area (Å²) in [6.07, 6.45) is 3.76. The summed E-state index contributed by atoms with van der Waals surface area (Å²) in [7, 11) is -3.16. The van der Waals surface area contributed by atoms with Crippen LogP contribution < -0.4 is 11.1 Å². The maximum atomic E-state index is 11.4. The fourth-order valence-corrected chi connectivity index (χ4v) is 2.37. The number of hydrogen-bond donors (Lipinski definition) is 2. The SMILES string of the molecule is C=CCC(N)C(=O)NCCCN(CC)S(C)(=O)=O. The van der Waals surface area contributed by atoms with E-state index in [0.29, 0.717) is 32.5 Å². The Morgan fingerprint density at radius 1 is 1.56 bits per heavy atom. The van der Waals surface area contributed by atoms with E-state index < -0.39 is 16.1 Å². The molecule has 1 amide bonds. The van der Waals surface area contributed by atoms with Crippen LogP contribution in [0.1, 0.15) is 19.8 Å². The molecule has 0 saturated heterocycles. The third-order valence-corrected chi connectivity index (χ3v) is 3.84. The fraction of sp³-hybridized carbons (Fsp3) is 0.727. The van der Waals surface area contributed by atoms with Gasteiger partial charge in [-0.25, -0.2) is 12.7 Å². The van der Waals surface area contributed by atoms with Gasteiger partial charge in [0.05, 0.1) is 12.3 Å². The van der Waals surface area contributed by atoms with Crippen LogP contribution in [0.5, 0.6) is 0 Å². The van der Waals surface area contributed by atoms with E-state index in [1.54, 1.807) is 13.0 Å². The molecule has 0 aliphatic carbocycles. The lowest BCUT2D eigenvalue weighted by molar-refractivity contribution is -0.122. The highest BCUT2D eigenvalue weighted by Gasteiger charge is 2.14. The van der Waals surface area contributed by atoms with Crippen molar-refractivity contribution < 1.29 is 13.2 Å². The summed E-state index contributed by atoms with van der Waals surface area (Å²) in [5, 5.41) is 2.66. The van der Waals surface area contributed by atoms with Gasteiger partial charge in [0.15, 0.2) is 0 Å². The second-order valence-electron chi connectivity index (χ2n) is 4.03. The van der Waals surface area contributed by atoms with E-state index in [0.717, 1.165) is 0 Å². The minimum absolute atomic E-state index is 0.239. The highest BCUT2D eigenvalue weighted by atomic mass is 32.2. The molecule has 0 rings (SSSR count). The Balaban J connectivity index is 3.92. The molecule has 18 heavy (non-hydrogen) atoms. The standard InChI is InChI=1S/C11H23N3O3S/c1-4-7-10(12)11(15)13-8-6-9-14(5-2)18(3,16)17/h4,10H,1,5-9,12H2,2-3H3,(H,13,15). The van der Waals surface area contributed by atoms with Crippen LogP contribution in [-0.4, -0.2) is 50.6 Å². The molecule has 0 fully saturated rings. The van der Waals surface area contributed by atoms with Crippen LogP contribution in [0.25, 0.3) is 0 Å². The summed E-state index contributed by atoms with van der Waals surface area (Å²) >= 11 is 0. The molecule has 0 aromatic heterocycles. The van der Waals surface area contributed by atoms with Gasteiger partial charge in [-0.1, -0.05) is 13.0 Å².